The Hall–Kier alpha value is 0. The largest absolute Gasteiger partial charge is 0.0628 e. The van der Waals surface area contributed by atoms with Gasteiger partial charge in [0.05, 0.1) is 0 Å². The summed E-state index contributed by atoms with van der Waals surface area (Å²) in [7, 11) is 0. The first-order chi connectivity index (χ1) is 14.2. The molecule has 0 aliphatic rings. The monoisotopic (exact) mass is 422 g/mol. The molecule has 0 radical (unpaired) electrons. The molecule has 0 aromatic heterocycles. The lowest BCUT2D eigenvalue weighted by Crippen LogP contribution is -2.01. The second-order valence-corrected chi connectivity index (χ2v) is 12.2. The zero-order valence-corrected chi connectivity index (χ0v) is 22.8. The van der Waals surface area contributed by atoms with Crippen LogP contribution in [0.15, 0.2) is 0 Å². The second-order valence-electron chi connectivity index (χ2n) is 12.2. The van der Waals surface area contributed by atoms with Crippen LogP contribution >= 0.6 is 0 Å². The van der Waals surface area contributed by atoms with Crippen molar-refractivity contribution in [2.75, 3.05) is 0 Å². The summed E-state index contributed by atoms with van der Waals surface area (Å²) in [6.07, 6.45) is 23.2. The highest BCUT2D eigenvalue weighted by atomic mass is 14.1. The molecule has 0 saturated carbocycles. The van der Waals surface area contributed by atoms with Gasteiger partial charge in [-0.15, -0.1) is 0 Å². The average molecular weight is 423 g/mol. The maximum absolute atomic E-state index is 2.49. The SMILES string of the molecule is CC(C)CCCC(C)CCCC(C)CCCCC(C)CCCCC(C)CCC(C)C. The van der Waals surface area contributed by atoms with E-state index in [9.17, 15) is 0 Å². The molecule has 0 amide bonds. The Morgan fingerprint density at radius 3 is 0.867 bits per heavy atom. The van der Waals surface area contributed by atoms with E-state index < -0.39 is 0 Å². The van der Waals surface area contributed by atoms with E-state index in [1.54, 1.807) is 0 Å². The van der Waals surface area contributed by atoms with Crippen LogP contribution in [0.2, 0.25) is 0 Å². The number of rotatable bonds is 21. The first-order valence-electron chi connectivity index (χ1n) is 14.2. The van der Waals surface area contributed by atoms with Gasteiger partial charge in [0.15, 0.2) is 0 Å². The van der Waals surface area contributed by atoms with Crippen molar-refractivity contribution >= 4 is 0 Å². The number of hydrogen-bond donors (Lipinski definition) is 0. The Balaban J connectivity index is 3.52. The molecule has 0 spiro atoms. The molecule has 182 valence electrons. The maximum Gasteiger partial charge on any atom is -0.0443 e. The third-order valence-corrected chi connectivity index (χ3v) is 7.40. The normalized spacial score (nSPS) is 16.2. The van der Waals surface area contributed by atoms with Gasteiger partial charge >= 0.3 is 0 Å². The third kappa shape index (κ3) is 21.2. The Kier molecular flexibility index (Phi) is 19.7. The van der Waals surface area contributed by atoms with Crippen molar-refractivity contribution in [1.82, 2.24) is 0 Å². The molecule has 0 aromatic rings. The van der Waals surface area contributed by atoms with Gasteiger partial charge in [0, 0.05) is 0 Å². The van der Waals surface area contributed by atoms with Gasteiger partial charge in [-0.1, -0.05) is 158 Å². The van der Waals surface area contributed by atoms with Crippen LogP contribution in [0.4, 0.5) is 0 Å². The zero-order chi connectivity index (χ0) is 22.8. The highest BCUT2D eigenvalue weighted by Gasteiger charge is 2.08. The molecule has 0 N–H and O–H groups in total. The van der Waals surface area contributed by atoms with Crippen LogP contribution in [0, 0.1) is 35.5 Å². The van der Waals surface area contributed by atoms with Crippen LogP contribution in [0.25, 0.3) is 0 Å². The van der Waals surface area contributed by atoms with Gasteiger partial charge in [0.2, 0.25) is 0 Å². The van der Waals surface area contributed by atoms with E-state index in [0.717, 1.165) is 35.5 Å². The van der Waals surface area contributed by atoms with Gasteiger partial charge in [-0.2, -0.15) is 0 Å². The predicted octanol–water partition coefficient (Wildman–Crippen LogP) is 11.1. The van der Waals surface area contributed by atoms with Crippen LogP contribution in [-0.2, 0) is 0 Å². The van der Waals surface area contributed by atoms with Crippen molar-refractivity contribution < 1.29 is 0 Å². The first kappa shape index (κ1) is 30.0. The molecule has 0 rings (SSSR count). The second kappa shape index (κ2) is 19.7. The Morgan fingerprint density at radius 2 is 0.533 bits per heavy atom. The van der Waals surface area contributed by atoms with Crippen LogP contribution in [0.3, 0.4) is 0 Å². The predicted molar refractivity (Wildman–Crippen MR) is 140 cm³/mol. The lowest BCUT2D eigenvalue weighted by molar-refractivity contribution is 0.372. The summed E-state index contributed by atoms with van der Waals surface area (Å²) in [5, 5.41) is 0. The molecule has 0 heteroatoms. The molecular formula is C30H62. The van der Waals surface area contributed by atoms with Crippen molar-refractivity contribution in [3.63, 3.8) is 0 Å². The summed E-state index contributed by atoms with van der Waals surface area (Å²) in [5.74, 6) is 5.51. The van der Waals surface area contributed by atoms with Gasteiger partial charge in [-0.25, -0.2) is 0 Å². The average Bonchev–Trinajstić information content (AvgIpc) is 2.66. The first-order valence-corrected chi connectivity index (χ1v) is 14.2. The lowest BCUT2D eigenvalue weighted by Gasteiger charge is -2.16. The van der Waals surface area contributed by atoms with Gasteiger partial charge in [0.25, 0.3) is 0 Å². The van der Waals surface area contributed by atoms with Crippen molar-refractivity contribution in [2.45, 2.75) is 158 Å². The maximum atomic E-state index is 2.49. The van der Waals surface area contributed by atoms with Crippen molar-refractivity contribution in [3.8, 4) is 0 Å². The standard InChI is InChI=1S/C30H62/c1-25(2)15-13-20-29(7)22-14-21-28(6)18-10-9-16-27(5)17-11-12-19-30(8)24-23-26(3)4/h25-30H,9-24H2,1-8H3. The molecule has 0 fully saturated rings. The minimum absolute atomic E-state index is 0.873. The van der Waals surface area contributed by atoms with E-state index in [-0.39, 0.29) is 0 Å². The summed E-state index contributed by atoms with van der Waals surface area (Å²) < 4.78 is 0. The summed E-state index contributed by atoms with van der Waals surface area (Å²) in [6, 6.07) is 0. The van der Waals surface area contributed by atoms with Gasteiger partial charge < -0.3 is 0 Å². The van der Waals surface area contributed by atoms with Crippen LogP contribution < -0.4 is 0 Å². The highest BCUT2D eigenvalue weighted by Crippen LogP contribution is 2.24. The summed E-state index contributed by atoms with van der Waals surface area (Å²) in [5.41, 5.74) is 0. The summed E-state index contributed by atoms with van der Waals surface area (Å²) >= 11 is 0. The van der Waals surface area contributed by atoms with Gasteiger partial charge in [-0.05, 0) is 35.5 Å². The molecule has 0 aromatic carbocycles. The third-order valence-electron chi connectivity index (χ3n) is 7.40. The van der Waals surface area contributed by atoms with E-state index in [2.05, 4.69) is 55.4 Å². The molecule has 30 heavy (non-hydrogen) atoms. The van der Waals surface area contributed by atoms with E-state index in [1.807, 2.05) is 0 Å². The lowest BCUT2D eigenvalue weighted by atomic mass is 9.90. The Bertz CT molecular complexity index is 342. The van der Waals surface area contributed by atoms with Crippen molar-refractivity contribution in [3.05, 3.63) is 0 Å². The topological polar surface area (TPSA) is 0 Å². The van der Waals surface area contributed by atoms with Crippen molar-refractivity contribution in [2.24, 2.45) is 35.5 Å². The van der Waals surface area contributed by atoms with E-state index in [4.69, 9.17) is 0 Å². The van der Waals surface area contributed by atoms with Crippen LogP contribution in [0.5, 0.6) is 0 Å². The molecule has 4 atom stereocenters. The number of unbranched alkanes of at least 4 members (excludes halogenated alkanes) is 2. The van der Waals surface area contributed by atoms with E-state index >= 15 is 0 Å². The molecule has 0 bridgehead atoms. The van der Waals surface area contributed by atoms with Crippen molar-refractivity contribution in [1.29, 1.82) is 0 Å². The van der Waals surface area contributed by atoms with E-state index in [1.165, 1.54) is 103 Å². The van der Waals surface area contributed by atoms with Gasteiger partial charge in [-0.3, -0.25) is 0 Å². The molecule has 0 aliphatic heterocycles. The van der Waals surface area contributed by atoms with E-state index in [0.29, 0.717) is 0 Å². The van der Waals surface area contributed by atoms with Gasteiger partial charge in [0.1, 0.15) is 0 Å². The fourth-order valence-corrected chi connectivity index (χ4v) is 4.86. The minimum Gasteiger partial charge on any atom is -0.0628 e. The number of hydrogen-bond acceptors (Lipinski definition) is 0. The Labute approximate surface area is 193 Å². The zero-order valence-electron chi connectivity index (χ0n) is 22.8. The summed E-state index contributed by atoms with van der Waals surface area (Å²) in [4.78, 5) is 0. The fraction of sp³-hybridized carbons (Fsp3) is 1.00. The molecule has 4 unspecified atom stereocenters. The molecule has 0 nitrogen and oxygen atoms in total. The molecule has 0 saturated heterocycles. The minimum atomic E-state index is 0.873. The molecule has 0 heterocycles. The fourth-order valence-electron chi connectivity index (χ4n) is 4.86. The molecular weight excluding hydrogens is 360 g/mol. The van der Waals surface area contributed by atoms with Crippen LogP contribution in [-0.4, -0.2) is 0 Å². The quantitative estimate of drug-likeness (QED) is 0.161. The Morgan fingerprint density at radius 1 is 0.267 bits per heavy atom. The summed E-state index contributed by atoms with van der Waals surface area (Å²) in [6.45, 7) is 19.3. The van der Waals surface area contributed by atoms with Crippen LogP contribution in [0.1, 0.15) is 158 Å². The highest BCUT2D eigenvalue weighted by molar-refractivity contribution is 4.62. The smallest absolute Gasteiger partial charge is 0.0443 e. The molecule has 0 aliphatic carbocycles.